The van der Waals surface area contributed by atoms with Crippen LogP contribution >= 0.6 is 12.4 Å². The van der Waals surface area contributed by atoms with Crippen molar-refractivity contribution in [2.24, 2.45) is 11.7 Å². The number of rotatable bonds is 6. The van der Waals surface area contributed by atoms with E-state index in [4.69, 9.17) is 15.2 Å². The zero-order valence-corrected chi connectivity index (χ0v) is 13.9. The van der Waals surface area contributed by atoms with E-state index in [-0.39, 0.29) is 24.4 Å². The number of halogens is 1. The van der Waals surface area contributed by atoms with Crippen LogP contribution in [-0.2, 0) is 11.3 Å². The van der Waals surface area contributed by atoms with Crippen LogP contribution in [0.4, 0.5) is 0 Å². The SMILES string of the molecule is COc1ccc(CNC(=O)C[C@@H]2CCC[C@H]2N)cc1OC.Cl. The van der Waals surface area contributed by atoms with Crippen molar-refractivity contribution in [1.29, 1.82) is 0 Å². The van der Waals surface area contributed by atoms with Gasteiger partial charge in [0.2, 0.25) is 5.91 Å². The highest BCUT2D eigenvalue weighted by Crippen LogP contribution is 2.28. The molecular weight excluding hydrogens is 304 g/mol. The van der Waals surface area contributed by atoms with E-state index < -0.39 is 0 Å². The number of methoxy groups -OCH3 is 2. The Labute approximate surface area is 138 Å². The first-order valence-electron chi connectivity index (χ1n) is 7.37. The van der Waals surface area contributed by atoms with Crippen LogP contribution in [0.2, 0.25) is 0 Å². The Balaban J connectivity index is 0.00000242. The second-order valence-electron chi connectivity index (χ2n) is 5.53. The summed E-state index contributed by atoms with van der Waals surface area (Å²) in [6.45, 7) is 0.487. The second kappa shape index (κ2) is 8.86. The highest BCUT2D eigenvalue weighted by atomic mass is 35.5. The van der Waals surface area contributed by atoms with Gasteiger partial charge in [0.05, 0.1) is 14.2 Å². The van der Waals surface area contributed by atoms with Gasteiger partial charge in [-0.3, -0.25) is 4.79 Å². The van der Waals surface area contributed by atoms with E-state index in [0.717, 1.165) is 24.8 Å². The normalized spacial score (nSPS) is 20.1. The van der Waals surface area contributed by atoms with Gasteiger partial charge in [-0.15, -0.1) is 12.4 Å². The molecule has 1 aromatic carbocycles. The fourth-order valence-electron chi connectivity index (χ4n) is 2.82. The zero-order valence-electron chi connectivity index (χ0n) is 13.1. The largest absolute Gasteiger partial charge is 0.493 e. The fourth-order valence-corrected chi connectivity index (χ4v) is 2.82. The second-order valence-corrected chi connectivity index (χ2v) is 5.53. The molecule has 1 saturated carbocycles. The first-order valence-corrected chi connectivity index (χ1v) is 7.37. The molecule has 2 atom stereocenters. The summed E-state index contributed by atoms with van der Waals surface area (Å²) in [5, 5.41) is 2.94. The summed E-state index contributed by atoms with van der Waals surface area (Å²) in [5.74, 6) is 1.74. The third-order valence-electron chi connectivity index (χ3n) is 4.10. The molecule has 0 spiro atoms. The third-order valence-corrected chi connectivity index (χ3v) is 4.10. The number of ether oxygens (including phenoxy) is 2. The van der Waals surface area contributed by atoms with Gasteiger partial charge in [-0.1, -0.05) is 12.5 Å². The Morgan fingerprint density at radius 3 is 2.59 bits per heavy atom. The molecule has 0 aliphatic heterocycles. The lowest BCUT2D eigenvalue weighted by atomic mass is 10.00. The van der Waals surface area contributed by atoms with Gasteiger partial charge in [0, 0.05) is 19.0 Å². The molecule has 1 fully saturated rings. The summed E-state index contributed by atoms with van der Waals surface area (Å²) in [5.41, 5.74) is 6.98. The van der Waals surface area contributed by atoms with Crippen molar-refractivity contribution in [2.75, 3.05) is 14.2 Å². The van der Waals surface area contributed by atoms with Gasteiger partial charge in [0.1, 0.15) is 0 Å². The average Bonchev–Trinajstić information content (AvgIpc) is 2.90. The molecule has 22 heavy (non-hydrogen) atoms. The smallest absolute Gasteiger partial charge is 0.220 e. The molecule has 124 valence electrons. The van der Waals surface area contributed by atoms with Gasteiger partial charge in [-0.05, 0) is 36.5 Å². The van der Waals surface area contributed by atoms with Gasteiger partial charge in [0.15, 0.2) is 11.5 Å². The third kappa shape index (κ3) is 4.78. The number of carbonyl (C=O) groups excluding carboxylic acids is 1. The molecule has 0 heterocycles. The molecule has 0 saturated heterocycles. The van der Waals surface area contributed by atoms with Crippen molar-refractivity contribution in [2.45, 2.75) is 38.3 Å². The minimum Gasteiger partial charge on any atom is -0.493 e. The van der Waals surface area contributed by atoms with E-state index in [0.29, 0.717) is 30.4 Å². The lowest BCUT2D eigenvalue weighted by Gasteiger charge is -2.15. The molecule has 0 bridgehead atoms. The van der Waals surface area contributed by atoms with Crippen molar-refractivity contribution < 1.29 is 14.3 Å². The van der Waals surface area contributed by atoms with Gasteiger partial charge in [0.25, 0.3) is 0 Å². The van der Waals surface area contributed by atoms with Crippen LogP contribution in [0.15, 0.2) is 18.2 Å². The zero-order chi connectivity index (χ0) is 15.2. The molecule has 1 aliphatic carbocycles. The van der Waals surface area contributed by atoms with Crippen LogP contribution in [0.3, 0.4) is 0 Å². The first kappa shape index (κ1) is 18.6. The van der Waals surface area contributed by atoms with Crippen molar-refractivity contribution in [1.82, 2.24) is 5.32 Å². The Hall–Kier alpha value is -1.46. The molecule has 1 aliphatic rings. The molecule has 5 nitrogen and oxygen atoms in total. The van der Waals surface area contributed by atoms with Gasteiger partial charge in [-0.2, -0.15) is 0 Å². The molecule has 3 N–H and O–H groups in total. The number of benzene rings is 1. The maximum absolute atomic E-state index is 12.0. The van der Waals surface area contributed by atoms with Crippen LogP contribution in [-0.4, -0.2) is 26.2 Å². The average molecular weight is 329 g/mol. The van der Waals surface area contributed by atoms with E-state index in [9.17, 15) is 4.79 Å². The van der Waals surface area contributed by atoms with Crippen LogP contribution < -0.4 is 20.5 Å². The summed E-state index contributed by atoms with van der Waals surface area (Å²) in [4.78, 5) is 12.0. The van der Waals surface area contributed by atoms with E-state index in [1.54, 1.807) is 14.2 Å². The van der Waals surface area contributed by atoms with E-state index >= 15 is 0 Å². The Bertz CT molecular complexity index is 496. The summed E-state index contributed by atoms with van der Waals surface area (Å²) in [6.07, 6.45) is 3.75. The molecule has 1 amide bonds. The monoisotopic (exact) mass is 328 g/mol. The Morgan fingerprint density at radius 1 is 1.27 bits per heavy atom. The number of hydrogen-bond acceptors (Lipinski definition) is 4. The summed E-state index contributed by atoms with van der Waals surface area (Å²) in [6, 6.07) is 5.81. The standard InChI is InChI=1S/C16H24N2O3.ClH/c1-20-14-7-6-11(8-15(14)21-2)10-18-16(19)9-12-4-3-5-13(12)17;/h6-8,12-13H,3-5,9-10,17H2,1-2H3,(H,18,19);1H/t12-,13+;/m0./s1. The van der Waals surface area contributed by atoms with Crippen LogP contribution in [0, 0.1) is 5.92 Å². The quantitative estimate of drug-likeness (QED) is 0.840. The summed E-state index contributed by atoms with van der Waals surface area (Å²) < 4.78 is 10.4. The fraction of sp³-hybridized carbons (Fsp3) is 0.562. The highest BCUT2D eigenvalue weighted by Gasteiger charge is 2.25. The minimum absolute atomic E-state index is 0. The predicted molar refractivity (Wildman–Crippen MR) is 88.6 cm³/mol. The number of carbonyl (C=O) groups is 1. The van der Waals surface area contributed by atoms with Gasteiger partial charge < -0.3 is 20.5 Å². The molecule has 1 aromatic rings. The predicted octanol–water partition coefficient (Wildman–Crippen LogP) is 2.26. The lowest BCUT2D eigenvalue weighted by molar-refractivity contribution is -0.122. The van der Waals surface area contributed by atoms with Crippen molar-refractivity contribution in [3.63, 3.8) is 0 Å². The molecule has 0 aromatic heterocycles. The van der Waals surface area contributed by atoms with E-state index in [1.165, 1.54) is 0 Å². The van der Waals surface area contributed by atoms with Crippen LogP contribution in [0.1, 0.15) is 31.2 Å². The highest BCUT2D eigenvalue weighted by molar-refractivity contribution is 5.85. The number of amides is 1. The van der Waals surface area contributed by atoms with E-state index in [1.807, 2.05) is 18.2 Å². The molecule has 0 unspecified atom stereocenters. The summed E-state index contributed by atoms with van der Waals surface area (Å²) in [7, 11) is 3.20. The lowest BCUT2D eigenvalue weighted by Crippen LogP contribution is -2.31. The molecule has 0 radical (unpaired) electrons. The van der Waals surface area contributed by atoms with E-state index in [2.05, 4.69) is 5.32 Å². The van der Waals surface area contributed by atoms with Gasteiger partial charge >= 0.3 is 0 Å². The van der Waals surface area contributed by atoms with Crippen molar-refractivity contribution >= 4 is 18.3 Å². The first-order chi connectivity index (χ1) is 10.1. The number of nitrogens with one attached hydrogen (secondary N) is 1. The Morgan fingerprint density at radius 2 is 2.00 bits per heavy atom. The van der Waals surface area contributed by atoms with Crippen molar-refractivity contribution in [3.05, 3.63) is 23.8 Å². The number of hydrogen-bond donors (Lipinski definition) is 2. The van der Waals surface area contributed by atoms with Crippen LogP contribution in [0.25, 0.3) is 0 Å². The maximum atomic E-state index is 12.0. The number of nitrogens with two attached hydrogens (primary N) is 1. The van der Waals surface area contributed by atoms with Crippen molar-refractivity contribution in [3.8, 4) is 11.5 Å². The molecular formula is C16H25ClN2O3. The Kier molecular flexibility index (Phi) is 7.48. The van der Waals surface area contributed by atoms with Crippen LogP contribution in [0.5, 0.6) is 11.5 Å². The molecule has 6 heteroatoms. The maximum Gasteiger partial charge on any atom is 0.220 e. The van der Waals surface area contributed by atoms with Gasteiger partial charge in [-0.25, -0.2) is 0 Å². The minimum atomic E-state index is 0. The topological polar surface area (TPSA) is 73.6 Å². The summed E-state index contributed by atoms with van der Waals surface area (Å²) >= 11 is 0. The molecule has 2 rings (SSSR count).